The fourth-order valence-electron chi connectivity index (χ4n) is 3.17. The Morgan fingerprint density at radius 1 is 1.09 bits per heavy atom. The minimum Gasteiger partial charge on any atom is -0.384 e. The maximum Gasteiger partial charge on any atom is 0.243 e. The number of hydrogen-bond donors (Lipinski definition) is 4. The van der Waals surface area contributed by atoms with Gasteiger partial charge in [-0.1, -0.05) is 26.3 Å². The van der Waals surface area contributed by atoms with Gasteiger partial charge >= 0.3 is 0 Å². The predicted octanol–water partition coefficient (Wildman–Crippen LogP) is 2.06. The van der Waals surface area contributed by atoms with Gasteiger partial charge in [0, 0.05) is 25.2 Å². The van der Waals surface area contributed by atoms with Crippen molar-refractivity contribution in [1.29, 1.82) is 0 Å². The average molecular weight is 451 g/mol. The van der Waals surface area contributed by atoms with Crippen molar-refractivity contribution in [1.82, 2.24) is 20.9 Å². The van der Waals surface area contributed by atoms with E-state index in [1.165, 1.54) is 6.20 Å². The number of nitrogen functional groups attached to an aromatic ring is 1. The fraction of sp³-hybridized carbons (Fsp3) is 0.409. The number of nitrogens with two attached hydrogens (primary N) is 1. The molecule has 0 aliphatic rings. The van der Waals surface area contributed by atoms with Crippen LogP contribution in [0.3, 0.4) is 0 Å². The van der Waals surface area contributed by atoms with Gasteiger partial charge in [0.2, 0.25) is 11.8 Å². The summed E-state index contributed by atoms with van der Waals surface area (Å²) in [4.78, 5) is 29.6. The summed E-state index contributed by atoms with van der Waals surface area (Å²) in [6.07, 6.45) is 1.83. The summed E-state index contributed by atoms with van der Waals surface area (Å²) in [5, 5.41) is 8.16. The molecule has 0 bridgehead atoms. The van der Waals surface area contributed by atoms with Gasteiger partial charge in [0.05, 0.1) is 6.04 Å². The number of carbonyl (C=O) groups excluding carboxylic acids is 2. The average Bonchev–Trinajstić information content (AvgIpc) is 2.76. The van der Waals surface area contributed by atoms with E-state index in [1.54, 1.807) is 19.2 Å². The van der Waals surface area contributed by atoms with Crippen LogP contribution in [0.2, 0.25) is 0 Å². The molecule has 0 radical (unpaired) electrons. The highest BCUT2D eigenvalue weighted by atomic mass is 19.2. The lowest BCUT2D eigenvalue weighted by Gasteiger charge is -2.25. The number of nitrogens with one attached hydrogen (secondary N) is 3. The van der Waals surface area contributed by atoms with Crippen LogP contribution < -0.4 is 21.7 Å². The molecule has 0 spiro atoms. The highest BCUT2D eigenvalue weighted by molar-refractivity contribution is 5.90. The summed E-state index contributed by atoms with van der Waals surface area (Å²) in [6.45, 7) is 3.88. The lowest BCUT2D eigenvalue weighted by molar-refractivity contribution is -0.130. The maximum absolute atomic E-state index is 14.2. The van der Waals surface area contributed by atoms with Crippen LogP contribution in [0.25, 0.3) is 0 Å². The largest absolute Gasteiger partial charge is 0.384 e. The van der Waals surface area contributed by atoms with Crippen molar-refractivity contribution in [3.8, 4) is 0 Å². The molecule has 7 nitrogen and oxygen atoms in total. The molecule has 5 N–H and O–H groups in total. The summed E-state index contributed by atoms with van der Waals surface area (Å²) < 4.78 is 41.2. The van der Waals surface area contributed by atoms with Crippen molar-refractivity contribution in [3.63, 3.8) is 0 Å². The number of likely N-dealkylation sites (N-methyl/N-ethyl adjacent to an activating group) is 1. The first-order valence-electron chi connectivity index (χ1n) is 10.2. The lowest BCUT2D eigenvalue weighted by atomic mass is 9.97. The molecule has 0 saturated heterocycles. The van der Waals surface area contributed by atoms with Crippen LogP contribution in [-0.2, 0) is 22.6 Å². The van der Waals surface area contributed by atoms with Crippen LogP contribution in [0.4, 0.5) is 19.0 Å². The van der Waals surface area contributed by atoms with E-state index in [-0.39, 0.29) is 24.4 Å². The van der Waals surface area contributed by atoms with Crippen molar-refractivity contribution < 1.29 is 22.8 Å². The third-order valence-electron chi connectivity index (χ3n) is 5.27. The van der Waals surface area contributed by atoms with E-state index < -0.39 is 41.3 Å². The molecular formula is C22H28F3N5O2. The molecular weight excluding hydrogens is 423 g/mol. The number of nitrogens with zero attached hydrogens (tertiary/aromatic N) is 1. The van der Waals surface area contributed by atoms with Gasteiger partial charge in [-0.3, -0.25) is 9.59 Å². The Hall–Kier alpha value is -3.14. The summed E-state index contributed by atoms with van der Waals surface area (Å²) in [5.41, 5.74) is 5.96. The van der Waals surface area contributed by atoms with E-state index in [0.717, 1.165) is 0 Å². The molecule has 0 fully saturated rings. The molecule has 0 aliphatic heterocycles. The van der Waals surface area contributed by atoms with Gasteiger partial charge in [0.25, 0.3) is 0 Å². The second-order valence-corrected chi connectivity index (χ2v) is 7.58. The fourth-order valence-corrected chi connectivity index (χ4v) is 3.17. The number of rotatable bonds is 10. The number of aromatic nitrogens is 1. The molecule has 174 valence electrons. The number of anilines is 1. The highest BCUT2D eigenvalue weighted by Gasteiger charge is 2.28. The molecule has 1 unspecified atom stereocenters. The Bertz CT molecular complexity index is 940. The number of hydrogen-bond acceptors (Lipinski definition) is 5. The van der Waals surface area contributed by atoms with E-state index in [2.05, 4.69) is 20.9 Å². The highest BCUT2D eigenvalue weighted by Crippen LogP contribution is 2.16. The first-order chi connectivity index (χ1) is 15.2. The molecule has 2 rings (SSSR count). The van der Waals surface area contributed by atoms with Gasteiger partial charge in [-0.2, -0.15) is 0 Å². The maximum atomic E-state index is 14.2. The lowest BCUT2D eigenvalue weighted by Crippen LogP contribution is -2.54. The van der Waals surface area contributed by atoms with E-state index in [4.69, 9.17) is 5.73 Å². The molecule has 0 aliphatic carbocycles. The number of halogens is 3. The van der Waals surface area contributed by atoms with Crippen LogP contribution >= 0.6 is 0 Å². The van der Waals surface area contributed by atoms with Gasteiger partial charge in [-0.05, 0) is 36.2 Å². The normalized spacial score (nSPS) is 13.8. The standard InChI is InChI=1S/C22H28F3N5O2/c1-4-12(2)20(27-3)22(32)30-18(8-14-7-16(24)17(25)9-15(14)23)21(31)29-11-13-5-6-19(26)28-10-13/h5-7,9-10,12,18,20,27H,4,8,11H2,1-3H3,(H2,26,28)(H,29,31)(H,30,32)/t12?,18-,20+/m0/s1. The Morgan fingerprint density at radius 2 is 1.78 bits per heavy atom. The van der Waals surface area contributed by atoms with E-state index in [1.807, 2.05) is 13.8 Å². The van der Waals surface area contributed by atoms with Crippen LogP contribution in [0.15, 0.2) is 30.5 Å². The van der Waals surface area contributed by atoms with Crippen LogP contribution in [0.1, 0.15) is 31.4 Å². The zero-order chi connectivity index (χ0) is 23.8. The number of amides is 2. The van der Waals surface area contributed by atoms with Crippen LogP contribution in [-0.4, -0.2) is 35.9 Å². The Balaban J connectivity index is 2.22. The van der Waals surface area contributed by atoms with E-state index >= 15 is 0 Å². The van der Waals surface area contributed by atoms with Gasteiger partial charge in [0.15, 0.2) is 11.6 Å². The summed E-state index contributed by atoms with van der Waals surface area (Å²) in [7, 11) is 1.62. The summed E-state index contributed by atoms with van der Waals surface area (Å²) in [5.74, 6) is -4.37. The van der Waals surface area contributed by atoms with Gasteiger partial charge in [-0.15, -0.1) is 0 Å². The van der Waals surface area contributed by atoms with Gasteiger partial charge in [-0.25, -0.2) is 18.2 Å². The second-order valence-electron chi connectivity index (χ2n) is 7.58. The van der Waals surface area contributed by atoms with Gasteiger partial charge in [0.1, 0.15) is 17.7 Å². The van der Waals surface area contributed by atoms with Crippen molar-refractivity contribution in [2.24, 2.45) is 5.92 Å². The first-order valence-corrected chi connectivity index (χ1v) is 10.2. The SMILES string of the molecule is CCC(C)[C@@H](NC)C(=O)N[C@@H](Cc1cc(F)c(F)cc1F)C(=O)NCc1ccc(N)nc1. The predicted molar refractivity (Wildman–Crippen MR) is 115 cm³/mol. The third kappa shape index (κ3) is 6.68. The Labute approximate surface area is 185 Å². The van der Waals surface area contributed by atoms with E-state index in [0.29, 0.717) is 29.9 Å². The number of pyridine rings is 1. The topological polar surface area (TPSA) is 109 Å². The molecule has 32 heavy (non-hydrogen) atoms. The minimum absolute atomic E-state index is 0.0374. The van der Waals surface area contributed by atoms with Crippen LogP contribution in [0.5, 0.6) is 0 Å². The molecule has 0 saturated carbocycles. The smallest absolute Gasteiger partial charge is 0.243 e. The van der Waals surface area contributed by atoms with Crippen LogP contribution in [0, 0.1) is 23.4 Å². The Morgan fingerprint density at radius 3 is 2.38 bits per heavy atom. The zero-order valence-electron chi connectivity index (χ0n) is 18.2. The number of benzene rings is 1. The van der Waals surface area contributed by atoms with Crippen molar-refractivity contribution in [2.75, 3.05) is 12.8 Å². The molecule has 2 aromatic rings. The Kier molecular flexibility index (Phi) is 9.01. The molecule has 1 aromatic carbocycles. The van der Waals surface area contributed by atoms with Crippen molar-refractivity contribution in [2.45, 2.75) is 45.3 Å². The van der Waals surface area contributed by atoms with Crippen molar-refractivity contribution in [3.05, 3.63) is 59.0 Å². The third-order valence-corrected chi connectivity index (χ3v) is 5.27. The zero-order valence-corrected chi connectivity index (χ0v) is 18.2. The number of carbonyl (C=O) groups is 2. The molecule has 2 amide bonds. The summed E-state index contributed by atoms with van der Waals surface area (Å²) in [6, 6.07) is 2.53. The molecule has 3 atom stereocenters. The first kappa shape index (κ1) is 25.1. The summed E-state index contributed by atoms with van der Waals surface area (Å²) >= 11 is 0. The quantitative estimate of drug-likeness (QED) is 0.414. The van der Waals surface area contributed by atoms with E-state index in [9.17, 15) is 22.8 Å². The molecule has 1 heterocycles. The second kappa shape index (κ2) is 11.5. The van der Waals surface area contributed by atoms with Gasteiger partial charge < -0.3 is 21.7 Å². The van der Waals surface area contributed by atoms with Crippen molar-refractivity contribution >= 4 is 17.6 Å². The molecule has 10 heteroatoms. The molecule has 1 aromatic heterocycles. The minimum atomic E-state index is -1.33. The monoisotopic (exact) mass is 451 g/mol.